The molecule has 0 radical (unpaired) electrons. The molecular formula is C38H24N3PSe. The molecule has 3 aromatic heterocycles. The molecule has 9 rings (SSSR count). The molecule has 9 aromatic rings. The van der Waals surface area contributed by atoms with Gasteiger partial charge >= 0.3 is 257 Å². The van der Waals surface area contributed by atoms with Crippen LogP contribution < -0.4 is 15.9 Å². The van der Waals surface area contributed by atoms with Crippen LogP contribution in [-0.4, -0.2) is 29.5 Å². The van der Waals surface area contributed by atoms with E-state index in [0.717, 1.165) is 38.5 Å². The Bertz CT molecular complexity index is 2540. The number of nitrogens with zero attached hydrogens (tertiary/aromatic N) is 3. The average Bonchev–Trinajstić information content (AvgIpc) is 3.47. The van der Waals surface area contributed by atoms with E-state index in [0.29, 0.717) is 0 Å². The second-order valence-electron chi connectivity index (χ2n) is 11.0. The van der Waals surface area contributed by atoms with Crippen molar-refractivity contribution in [2.45, 2.75) is 0 Å². The van der Waals surface area contributed by atoms with Gasteiger partial charge in [0.15, 0.2) is 0 Å². The second-order valence-corrected chi connectivity index (χ2v) is 17.2. The van der Waals surface area contributed by atoms with Gasteiger partial charge in [0.1, 0.15) is 0 Å². The minimum absolute atomic E-state index is 0.989. The Morgan fingerprint density at radius 3 is 2.02 bits per heavy atom. The maximum atomic E-state index is 5.20. The van der Waals surface area contributed by atoms with Gasteiger partial charge in [-0.25, -0.2) is 0 Å². The van der Waals surface area contributed by atoms with Crippen LogP contribution in [0.2, 0.25) is 0 Å². The van der Waals surface area contributed by atoms with Crippen molar-refractivity contribution in [3.05, 3.63) is 146 Å². The van der Waals surface area contributed by atoms with Crippen LogP contribution in [0.1, 0.15) is 0 Å². The molecule has 3 nitrogen and oxygen atoms in total. The van der Waals surface area contributed by atoms with Gasteiger partial charge in [-0.1, -0.05) is 0 Å². The monoisotopic (exact) mass is 633 g/mol. The fraction of sp³-hybridized carbons (Fsp3) is 0. The van der Waals surface area contributed by atoms with Crippen molar-refractivity contribution < 1.29 is 0 Å². The summed E-state index contributed by atoms with van der Waals surface area (Å²) in [6, 6.07) is 50.3. The van der Waals surface area contributed by atoms with E-state index in [1.54, 1.807) is 0 Å². The summed E-state index contributed by atoms with van der Waals surface area (Å²) in [7, 11) is 0. The molecule has 0 N–H and O–H groups in total. The first-order valence-corrected chi connectivity index (χ1v) is 18.4. The number of benzene rings is 6. The van der Waals surface area contributed by atoms with Crippen LogP contribution in [0.15, 0.2) is 146 Å². The van der Waals surface area contributed by atoms with Gasteiger partial charge in [0.2, 0.25) is 0 Å². The summed E-state index contributed by atoms with van der Waals surface area (Å²) >= 11 is 3.78. The van der Waals surface area contributed by atoms with E-state index in [-0.39, 0.29) is 0 Å². The number of imidazole rings is 1. The molecule has 0 aliphatic heterocycles. The predicted octanol–water partition coefficient (Wildman–Crippen LogP) is 7.87. The second kappa shape index (κ2) is 9.46. The zero-order valence-electron chi connectivity index (χ0n) is 23.1. The van der Waals surface area contributed by atoms with E-state index in [9.17, 15) is 0 Å². The molecular weight excluding hydrogens is 608 g/mol. The van der Waals surface area contributed by atoms with Gasteiger partial charge in [-0.2, -0.15) is 0 Å². The number of hydrogen-bond donors (Lipinski definition) is 0. The van der Waals surface area contributed by atoms with E-state index >= 15 is 0 Å². The van der Waals surface area contributed by atoms with Crippen LogP contribution in [0, 0.1) is 0 Å². The maximum absolute atomic E-state index is 5.20. The average molecular weight is 633 g/mol. The minimum atomic E-state index is -2.23. The van der Waals surface area contributed by atoms with Gasteiger partial charge in [0.25, 0.3) is 0 Å². The number of hydrogen-bond acceptors (Lipinski definition) is 2. The molecule has 0 spiro atoms. The molecule has 0 aliphatic carbocycles. The normalized spacial score (nSPS) is 13.4. The summed E-state index contributed by atoms with van der Waals surface area (Å²) in [6.45, 7) is 0. The third-order valence-corrected chi connectivity index (χ3v) is 15.6. The van der Waals surface area contributed by atoms with Gasteiger partial charge in [-0.15, -0.1) is 0 Å². The van der Waals surface area contributed by atoms with Crippen molar-refractivity contribution in [2.75, 3.05) is 0 Å². The third kappa shape index (κ3) is 3.71. The quantitative estimate of drug-likeness (QED) is 0.113. The van der Waals surface area contributed by atoms with Crippen molar-refractivity contribution in [1.82, 2.24) is 14.4 Å². The standard InChI is InChI=1S/C38H24N3PSe/c43-42(28-18-17-25-9-1-2-10-26(25)21-28,30-22-27-11-3-7-15-34(27)39-24-30)29-19-20-35-37(23-29)41-36-16-8-6-13-32(36)31-12-4-5-14-33(31)38(41)40-35/h1-24H. The van der Waals surface area contributed by atoms with Crippen molar-refractivity contribution in [1.29, 1.82) is 0 Å². The third-order valence-electron chi connectivity index (χ3n) is 8.64. The Labute approximate surface area is 255 Å². The Kier molecular flexibility index (Phi) is 5.49. The van der Waals surface area contributed by atoms with Crippen LogP contribution in [0.25, 0.3) is 60.0 Å². The van der Waals surface area contributed by atoms with Gasteiger partial charge < -0.3 is 0 Å². The molecule has 0 amide bonds. The molecule has 5 heteroatoms. The van der Waals surface area contributed by atoms with Crippen LogP contribution >= 0.6 is 5.51 Å². The van der Waals surface area contributed by atoms with Crippen molar-refractivity contribution in [3.8, 4) is 0 Å². The summed E-state index contributed by atoms with van der Waals surface area (Å²) in [5, 5.41) is 11.0. The van der Waals surface area contributed by atoms with Crippen molar-refractivity contribution >= 4 is 96.6 Å². The fourth-order valence-electron chi connectivity index (χ4n) is 6.54. The van der Waals surface area contributed by atoms with Gasteiger partial charge in [0.05, 0.1) is 0 Å². The fourth-order valence-corrected chi connectivity index (χ4v) is 11.2. The first-order valence-electron chi connectivity index (χ1n) is 14.4. The first-order chi connectivity index (χ1) is 21.2. The van der Waals surface area contributed by atoms with Gasteiger partial charge in [-0.3, -0.25) is 0 Å². The molecule has 0 fully saturated rings. The van der Waals surface area contributed by atoms with E-state index in [4.69, 9.17) is 9.97 Å². The van der Waals surface area contributed by atoms with E-state index < -0.39 is 5.51 Å². The molecule has 1 atom stereocenters. The van der Waals surface area contributed by atoms with E-state index in [2.05, 4.69) is 159 Å². The molecule has 3 heterocycles. The molecule has 43 heavy (non-hydrogen) atoms. The van der Waals surface area contributed by atoms with Crippen LogP contribution in [0.4, 0.5) is 0 Å². The SMILES string of the molecule is [Se]=P(c1ccc2ccccc2c1)(c1cnc2ccccc2c1)c1ccc2nc3c4ccccc4c4ccccc4n3c2c1. The number of para-hydroxylation sites is 2. The number of rotatable bonds is 3. The Hall–Kier alpha value is -4.59. The molecule has 0 bridgehead atoms. The summed E-state index contributed by atoms with van der Waals surface area (Å²) in [4.78, 5) is 10.1. The molecule has 0 saturated carbocycles. The van der Waals surface area contributed by atoms with Crippen molar-refractivity contribution in [2.24, 2.45) is 0 Å². The van der Waals surface area contributed by atoms with Crippen molar-refractivity contribution in [3.63, 3.8) is 0 Å². The molecule has 1 unspecified atom stereocenters. The Morgan fingerprint density at radius 1 is 0.488 bits per heavy atom. The Morgan fingerprint density at radius 2 is 1.14 bits per heavy atom. The predicted molar refractivity (Wildman–Crippen MR) is 185 cm³/mol. The van der Waals surface area contributed by atoms with Crippen LogP contribution in [0.3, 0.4) is 0 Å². The summed E-state index contributed by atoms with van der Waals surface area (Å²) < 4.78 is 2.35. The zero-order valence-corrected chi connectivity index (χ0v) is 25.7. The summed E-state index contributed by atoms with van der Waals surface area (Å²) in [5.74, 6) is 0. The molecule has 202 valence electrons. The zero-order chi connectivity index (χ0) is 28.5. The number of pyridine rings is 2. The first kappa shape index (κ1) is 25.0. The summed E-state index contributed by atoms with van der Waals surface area (Å²) in [6.07, 6.45) is 2.07. The van der Waals surface area contributed by atoms with Gasteiger partial charge in [-0.05, 0) is 0 Å². The molecule has 0 aliphatic rings. The van der Waals surface area contributed by atoms with Crippen LogP contribution in [-0.2, 0) is 0 Å². The van der Waals surface area contributed by atoms with E-state index in [1.165, 1.54) is 37.5 Å². The topological polar surface area (TPSA) is 30.2 Å². The molecule has 6 aromatic carbocycles. The Balaban J connectivity index is 1.38. The summed E-state index contributed by atoms with van der Waals surface area (Å²) in [5.41, 5.74) is 3.04. The van der Waals surface area contributed by atoms with Gasteiger partial charge in [0, 0.05) is 0 Å². The number of fused-ring (bicyclic) bond motifs is 10. The van der Waals surface area contributed by atoms with E-state index in [1.807, 2.05) is 6.07 Å². The van der Waals surface area contributed by atoms with Crippen LogP contribution in [0.5, 0.6) is 0 Å². The molecule has 0 saturated heterocycles. The number of aromatic nitrogens is 3.